The van der Waals surface area contributed by atoms with Crippen molar-refractivity contribution in [1.82, 2.24) is 4.98 Å². The third-order valence-electron chi connectivity index (χ3n) is 3.09. The van der Waals surface area contributed by atoms with Gasteiger partial charge in [0.1, 0.15) is 11.6 Å². The monoisotopic (exact) mass is 278 g/mol. The summed E-state index contributed by atoms with van der Waals surface area (Å²) in [4.78, 5) is 5.55. The number of benzene rings is 1. The van der Waals surface area contributed by atoms with Crippen LogP contribution >= 0.6 is 0 Å². The molecule has 1 heterocycles. The number of hydrogen-bond donors (Lipinski definition) is 1. The van der Waals surface area contributed by atoms with Crippen LogP contribution in [-0.2, 0) is 0 Å². The number of aliphatic hydroxyl groups is 1. The molecule has 0 aliphatic carbocycles. The highest BCUT2D eigenvalue weighted by Crippen LogP contribution is 2.20. The zero-order chi connectivity index (χ0) is 14.5. The van der Waals surface area contributed by atoms with E-state index in [1.54, 1.807) is 30.1 Å². The van der Waals surface area contributed by atoms with Crippen LogP contribution in [0.25, 0.3) is 0 Å². The largest absolute Gasteiger partial charge is 0.387 e. The number of pyridine rings is 1. The van der Waals surface area contributed by atoms with E-state index in [9.17, 15) is 13.9 Å². The highest BCUT2D eigenvalue weighted by Gasteiger charge is 2.12. The molecule has 0 amide bonds. The van der Waals surface area contributed by atoms with Crippen LogP contribution in [-0.4, -0.2) is 23.7 Å². The van der Waals surface area contributed by atoms with Crippen molar-refractivity contribution >= 4 is 5.69 Å². The minimum Gasteiger partial charge on any atom is -0.387 e. The third-order valence-corrected chi connectivity index (χ3v) is 3.09. The first kappa shape index (κ1) is 14.4. The van der Waals surface area contributed by atoms with E-state index in [-0.39, 0.29) is 5.82 Å². The summed E-state index contributed by atoms with van der Waals surface area (Å²) in [5.74, 6) is -0.742. The Kier molecular flexibility index (Phi) is 4.63. The Bertz CT molecular complexity index is 560. The maximum atomic E-state index is 13.6. The quantitative estimate of drug-likeness (QED) is 0.913. The minimum atomic E-state index is -0.801. The molecular weight excluding hydrogens is 262 g/mol. The third kappa shape index (κ3) is 3.51. The van der Waals surface area contributed by atoms with Gasteiger partial charge in [0.15, 0.2) is 0 Å². The Balaban J connectivity index is 1.95. The Labute approximate surface area is 116 Å². The van der Waals surface area contributed by atoms with Crippen LogP contribution in [0.4, 0.5) is 14.5 Å². The average molecular weight is 278 g/mol. The Morgan fingerprint density at radius 2 is 1.95 bits per heavy atom. The number of para-hydroxylation sites is 1. The van der Waals surface area contributed by atoms with Gasteiger partial charge in [0.05, 0.1) is 23.7 Å². The standard InChI is InChI=1S/C15H16F2N2O/c1-19(14-5-3-2-4-12(14)17)9-8-15(20)13-7-6-11(16)10-18-13/h2-7,10,15,20H,8-9H2,1H3. The molecule has 2 rings (SSSR count). The van der Waals surface area contributed by atoms with Gasteiger partial charge in [-0.15, -0.1) is 0 Å². The second-order valence-electron chi connectivity index (χ2n) is 4.58. The average Bonchev–Trinajstić information content (AvgIpc) is 2.45. The highest BCUT2D eigenvalue weighted by atomic mass is 19.1. The van der Waals surface area contributed by atoms with Crippen LogP contribution in [0.1, 0.15) is 18.2 Å². The molecule has 1 aromatic carbocycles. The van der Waals surface area contributed by atoms with Gasteiger partial charge in [-0.1, -0.05) is 12.1 Å². The van der Waals surface area contributed by atoms with Crippen molar-refractivity contribution in [3.05, 3.63) is 59.9 Å². The van der Waals surface area contributed by atoms with Crippen LogP contribution in [0.2, 0.25) is 0 Å². The van der Waals surface area contributed by atoms with Gasteiger partial charge in [0.25, 0.3) is 0 Å². The van der Waals surface area contributed by atoms with E-state index in [1.807, 2.05) is 0 Å². The number of rotatable bonds is 5. The van der Waals surface area contributed by atoms with E-state index in [0.717, 1.165) is 6.20 Å². The molecule has 0 bridgehead atoms. The van der Waals surface area contributed by atoms with Crippen LogP contribution in [0.3, 0.4) is 0 Å². The Hall–Kier alpha value is -2.01. The zero-order valence-electron chi connectivity index (χ0n) is 11.1. The summed E-state index contributed by atoms with van der Waals surface area (Å²) in [6.07, 6.45) is 0.646. The molecule has 106 valence electrons. The number of aliphatic hydroxyl groups excluding tert-OH is 1. The summed E-state index contributed by atoms with van der Waals surface area (Å²) in [5, 5.41) is 9.97. The van der Waals surface area contributed by atoms with E-state index >= 15 is 0 Å². The normalized spacial score (nSPS) is 12.2. The molecule has 1 unspecified atom stereocenters. The molecule has 0 fully saturated rings. The molecular formula is C15H16F2N2O. The lowest BCUT2D eigenvalue weighted by Gasteiger charge is -2.21. The van der Waals surface area contributed by atoms with Crippen molar-refractivity contribution in [1.29, 1.82) is 0 Å². The molecule has 0 spiro atoms. The smallest absolute Gasteiger partial charge is 0.146 e. The molecule has 20 heavy (non-hydrogen) atoms. The lowest BCUT2D eigenvalue weighted by atomic mass is 10.1. The highest BCUT2D eigenvalue weighted by molar-refractivity contribution is 5.46. The molecule has 1 N–H and O–H groups in total. The maximum Gasteiger partial charge on any atom is 0.146 e. The fourth-order valence-electron chi connectivity index (χ4n) is 1.93. The number of nitrogens with zero attached hydrogens (tertiary/aromatic N) is 2. The van der Waals surface area contributed by atoms with Crippen molar-refractivity contribution in [3.63, 3.8) is 0 Å². The molecule has 0 aliphatic heterocycles. The number of halogens is 2. The molecule has 3 nitrogen and oxygen atoms in total. The first-order chi connectivity index (χ1) is 9.58. The van der Waals surface area contributed by atoms with E-state index in [0.29, 0.717) is 24.3 Å². The predicted octanol–water partition coefficient (Wildman–Crippen LogP) is 2.92. The second kappa shape index (κ2) is 6.43. The van der Waals surface area contributed by atoms with Gasteiger partial charge in [0, 0.05) is 13.6 Å². The molecule has 1 aromatic heterocycles. The van der Waals surface area contributed by atoms with Crippen molar-refractivity contribution in [3.8, 4) is 0 Å². The number of anilines is 1. The first-order valence-electron chi connectivity index (χ1n) is 6.33. The summed E-state index contributed by atoms with van der Waals surface area (Å²) in [7, 11) is 1.75. The maximum absolute atomic E-state index is 13.6. The van der Waals surface area contributed by atoms with Crippen LogP contribution in [0, 0.1) is 11.6 Å². The summed E-state index contributed by atoms with van der Waals surface area (Å²) in [6, 6.07) is 9.16. The minimum absolute atomic E-state index is 0.301. The van der Waals surface area contributed by atoms with Crippen molar-refractivity contribution in [2.45, 2.75) is 12.5 Å². The Morgan fingerprint density at radius 3 is 2.60 bits per heavy atom. The van der Waals surface area contributed by atoms with Gasteiger partial charge >= 0.3 is 0 Å². The molecule has 0 saturated heterocycles. The van der Waals surface area contributed by atoms with Crippen LogP contribution < -0.4 is 4.90 Å². The molecule has 2 aromatic rings. The van der Waals surface area contributed by atoms with Crippen LogP contribution in [0.15, 0.2) is 42.6 Å². The lowest BCUT2D eigenvalue weighted by molar-refractivity contribution is 0.165. The van der Waals surface area contributed by atoms with Gasteiger partial charge in [-0.05, 0) is 30.7 Å². The molecule has 0 aliphatic rings. The molecule has 0 radical (unpaired) electrons. The fourth-order valence-corrected chi connectivity index (χ4v) is 1.93. The summed E-state index contributed by atoms with van der Waals surface area (Å²) >= 11 is 0. The predicted molar refractivity (Wildman–Crippen MR) is 73.4 cm³/mol. The van der Waals surface area contributed by atoms with Crippen LogP contribution in [0.5, 0.6) is 0 Å². The lowest BCUT2D eigenvalue weighted by Crippen LogP contribution is -2.21. The Morgan fingerprint density at radius 1 is 1.20 bits per heavy atom. The van der Waals surface area contributed by atoms with Gasteiger partial charge in [-0.3, -0.25) is 4.98 Å². The fraction of sp³-hybridized carbons (Fsp3) is 0.267. The van der Waals surface area contributed by atoms with Crippen molar-refractivity contribution in [2.75, 3.05) is 18.5 Å². The summed E-state index contributed by atoms with van der Waals surface area (Å²) < 4.78 is 26.3. The summed E-state index contributed by atoms with van der Waals surface area (Å²) in [5.41, 5.74) is 0.889. The van der Waals surface area contributed by atoms with Gasteiger partial charge in [-0.2, -0.15) is 0 Å². The van der Waals surface area contributed by atoms with E-state index in [1.165, 1.54) is 18.2 Å². The number of hydrogen-bond acceptors (Lipinski definition) is 3. The van der Waals surface area contributed by atoms with E-state index < -0.39 is 11.9 Å². The number of aromatic nitrogens is 1. The van der Waals surface area contributed by atoms with E-state index in [4.69, 9.17) is 0 Å². The molecule has 0 saturated carbocycles. The van der Waals surface area contributed by atoms with Crippen molar-refractivity contribution in [2.24, 2.45) is 0 Å². The molecule has 5 heteroatoms. The molecule has 1 atom stereocenters. The SMILES string of the molecule is CN(CCC(O)c1ccc(F)cn1)c1ccccc1F. The topological polar surface area (TPSA) is 36.4 Å². The van der Waals surface area contributed by atoms with Gasteiger partial charge in [-0.25, -0.2) is 8.78 Å². The van der Waals surface area contributed by atoms with Crippen molar-refractivity contribution < 1.29 is 13.9 Å². The first-order valence-corrected chi connectivity index (χ1v) is 6.33. The second-order valence-corrected chi connectivity index (χ2v) is 4.58. The van der Waals surface area contributed by atoms with Gasteiger partial charge < -0.3 is 10.0 Å². The zero-order valence-corrected chi connectivity index (χ0v) is 11.1. The van der Waals surface area contributed by atoms with Gasteiger partial charge in [0.2, 0.25) is 0 Å². The summed E-state index contributed by atoms with van der Waals surface area (Å²) in [6.45, 7) is 0.459. The van der Waals surface area contributed by atoms with E-state index in [2.05, 4.69) is 4.98 Å².